The Kier molecular flexibility index (Phi) is 5.17. The van der Waals surface area contributed by atoms with Crippen molar-refractivity contribution in [3.63, 3.8) is 0 Å². The third-order valence-corrected chi connectivity index (χ3v) is 2.61. The van der Waals surface area contributed by atoms with Crippen LogP contribution in [0.4, 0.5) is 0 Å². The summed E-state index contributed by atoms with van der Waals surface area (Å²) in [6.45, 7) is 1.48. The minimum atomic E-state index is -0.936. The third-order valence-electron chi connectivity index (χ3n) is 2.61. The minimum Gasteiger partial charge on any atom is -0.496 e. The van der Waals surface area contributed by atoms with Crippen LogP contribution in [0.1, 0.15) is 12.5 Å². The Labute approximate surface area is 106 Å². The van der Waals surface area contributed by atoms with E-state index in [4.69, 9.17) is 9.84 Å². The Bertz CT molecular complexity index is 431. The first-order chi connectivity index (χ1) is 8.54. The average Bonchev–Trinajstić information content (AvgIpc) is 2.34. The van der Waals surface area contributed by atoms with E-state index in [0.29, 0.717) is 12.2 Å². The van der Waals surface area contributed by atoms with E-state index >= 15 is 0 Å². The molecule has 0 spiro atoms. The van der Waals surface area contributed by atoms with E-state index in [1.807, 2.05) is 18.2 Å². The lowest BCUT2D eigenvalue weighted by molar-refractivity contribution is -0.141. The van der Waals surface area contributed by atoms with Crippen LogP contribution < -0.4 is 10.1 Å². The Morgan fingerprint density at radius 2 is 2.06 bits per heavy atom. The van der Waals surface area contributed by atoms with Crippen LogP contribution in [0.2, 0.25) is 0 Å². The first-order valence-corrected chi connectivity index (χ1v) is 5.63. The molecule has 5 nitrogen and oxygen atoms in total. The molecule has 98 valence electrons. The molecule has 2 N–H and O–H groups in total. The molecule has 0 aliphatic carbocycles. The molecule has 1 rings (SSSR count). The highest BCUT2D eigenvalue weighted by atomic mass is 16.5. The maximum absolute atomic E-state index is 11.1. The van der Waals surface area contributed by atoms with Crippen LogP contribution in [-0.4, -0.2) is 30.6 Å². The molecule has 0 radical (unpaired) electrons. The summed E-state index contributed by atoms with van der Waals surface area (Å²) in [7, 11) is 1.54. The molecule has 0 bridgehead atoms. The summed E-state index contributed by atoms with van der Waals surface area (Å²) in [4.78, 5) is 21.9. The number of carbonyl (C=O) groups excluding carboxylic acids is 1. The van der Waals surface area contributed by atoms with Gasteiger partial charge in [0, 0.05) is 13.5 Å². The fraction of sp³-hybridized carbons (Fsp3) is 0.385. The van der Waals surface area contributed by atoms with Crippen LogP contribution in [0.15, 0.2) is 24.3 Å². The molecule has 1 amide bonds. The topological polar surface area (TPSA) is 75.6 Å². The van der Waals surface area contributed by atoms with Crippen LogP contribution in [-0.2, 0) is 16.0 Å². The standard InChI is InChI=1S/C13H17NO4/c1-9(15)14-8-11(13(16)17)7-10-5-3-4-6-12(10)18-2/h3-6,11H,7-8H2,1-2H3,(H,14,15)(H,16,17). The Morgan fingerprint density at radius 1 is 1.39 bits per heavy atom. The SMILES string of the molecule is COc1ccccc1CC(CNC(C)=O)C(=O)O. The second-order valence-electron chi connectivity index (χ2n) is 3.99. The van der Waals surface area contributed by atoms with Crippen molar-refractivity contribution >= 4 is 11.9 Å². The molecule has 0 aliphatic rings. The van der Waals surface area contributed by atoms with Gasteiger partial charge in [-0.15, -0.1) is 0 Å². The maximum atomic E-state index is 11.1. The van der Waals surface area contributed by atoms with Crippen LogP contribution >= 0.6 is 0 Å². The van der Waals surface area contributed by atoms with Crippen molar-refractivity contribution in [2.75, 3.05) is 13.7 Å². The van der Waals surface area contributed by atoms with Crippen LogP contribution in [0.5, 0.6) is 5.75 Å². The van der Waals surface area contributed by atoms with Crippen LogP contribution in [0.25, 0.3) is 0 Å². The van der Waals surface area contributed by atoms with Crippen molar-refractivity contribution in [3.05, 3.63) is 29.8 Å². The molecule has 0 aliphatic heterocycles. The first kappa shape index (κ1) is 14.0. The number of methoxy groups -OCH3 is 1. The lowest BCUT2D eigenvalue weighted by Gasteiger charge is -2.14. The van der Waals surface area contributed by atoms with Gasteiger partial charge in [0.15, 0.2) is 0 Å². The number of benzene rings is 1. The summed E-state index contributed by atoms with van der Waals surface area (Å²) in [5, 5.41) is 11.6. The van der Waals surface area contributed by atoms with Gasteiger partial charge in [-0.25, -0.2) is 0 Å². The van der Waals surface area contributed by atoms with E-state index in [-0.39, 0.29) is 12.5 Å². The van der Waals surface area contributed by atoms with E-state index in [9.17, 15) is 9.59 Å². The molecular weight excluding hydrogens is 234 g/mol. The normalized spacial score (nSPS) is 11.7. The number of para-hydroxylation sites is 1. The van der Waals surface area contributed by atoms with E-state index in [2.05, 4.69) is 5.32 Å². The third kappa shape index (κ3) is 4.08. The summed E-state index contributed by atoms with van der Waals surface area (Å²) >= 11 is 0. The molecule has 1 aromatic carbocycles. The van der Waals surface area contributed by atoms with Crippen LogP contribution in [0.3, 0.4) is 0 Å². The van der Waals surface area contributed by atoms with Gasteiger partial charge in [0.25, 0.3) is 0 Å². The number of amides is 1. The molecule has 1 atom stereocenters. The van der Waals surface area contributed by atoms with Gasteiger partial charge in [-0.3, -0.25) is 9.59 Å². The largest absolute Gasteiger partial charge is 0.496 e. The van der Waals surface area contributed by atoms with Gasteiger partial charge in [0.05, 0.1) is 13.0 Å². The highest BCUT2D eigenvalue weighted by Gasteiger charge is 2.19. The number of hydrogen-bond acceptors (Lipinski definition) is 3. The number of carboxylic acid groups (broad SMARTS) is 1. The quantitative estimate of drug-likeness (QED) is 0.793. The highest BCUT2D eigenvalue weighted by molar-refractivity contribution is 5.75. The minimum absolute atomic E-state index is 0.114. The molecule has 5 heteroatoms. The number of nitrogens with one attached hydrogen (secondary N) is 1. The number of hydrogen-bond donors (Lipinski definition) is 2. The number of carboxylic acids is 1. The lowest BCUT2D eigenvalue weighted by atomic mass is 9.98. The number of rotatable bonds is 6. The predicted octanol–water partition coefficient (Wildman–Crippen LogP) is 1.07. The zero-order valence-corrected chi connectivity index (χ0v) is 10.5. The summed E-state index contributed by atoms with van der Waals surface area (Å²) in [6, 6.07) is 7.26. The molecule has 1 aromatic rings. The maximum Gasteiger partial charge on any atom is 0.308 e. The van der Waals surface area contributed by atoms with Crippen molar-refractivity contribution in [1.29, 1.82) is 0 Å². The molecule has 0 saturated heterocycles. The second-order valence-corrected chi connectivity index (χ2v) is 3.99. The Hall–Kier alpha value is -2.04. The molecule has 0 heterocycles. The van der Waals surface area contributed by atoms with Gasteiger partial charge >= 0.3 is 5.97 Å². The van der Waals surface area contributed by atoms with Gasteiger partial charge in [-0.05, 0) is 18.1 Å². The molecule has 0 saturated carbocycles. The molecule has 1 unspecified atom stereocenters. The highest BCUT2D eigenvalue weighted by Crippen LogP contribution is 2.20. The fourth-order valence-electron chi connectivity index (χ4n) is 1.65. The smallest absolute Gasteiger partial charge is 0.308 e. The number of carbonyl (C=O) groups is 2. The number of aliphatic carboxylic acids is 1. The van der Waals surface area contributed by atoms with E-state index < -0.39 is 11.9 Å². The van der Waals surface area contributed by atoms with Gasteiger partial charge in [0.1, 0.15) is 5.75 Å². The van der Waals surface area contributed by atoms with Crippen molar-refractivity contribution in [3.8, 4) is 5.75 Å². The number of ether oxygens (including phenoxy) is 1. The Morgan fingerprint density at radius 3 is 2.61 bits per heavy atom. The predicted molar refractivity (Wildman–Crippen MR) is 66.5 cm³/mol. The summed E-state index contributed by atoms with van der Waals surface area (Å²) in [6.07, 6.45) is 0.319. The summed E-state index contributed by atoms with van der Waals surface area (Å²) < 4.78 is 5.17. The van der Waals surface area contributed by atoms with E-state index in [0.717, 1.165) is 5.56 Å². The zero-order chi connectivity index (χ0) is 13.5. The molecule has 0 aromatic heterocycles. The monoisotopic (exact) mass is 251 g/mol. The molecule has 0 fully saturated rings. The van der Waals surface area contributed by atoms with E-state index in [1.54, 1.807) is 13.2 Å². The summed E-state index contributed by atoms with van der Waals surface area (Å²) in [5.41, 5.74) is 0.817. The van der Waals surface area contributed by atoms with E-state index in [1.165, 1.54) is 6.92 Å². The molecule has 18 heavy (non-hydrogen) atoms. The van der Waals surface area contributed by atoms with Gasteiger partial charge in [0.2, 0.25) is 5.91 Å². The Balaban J connectivity index is 2.76. The van der Waals surface area contributed by atoms with Gasteiger partial charge < -0.3 is 15.2 Å². The zero-order valence-electron chi connectivity index (χ0n) is 10.5. The molecular formula is C13H17NO4. The fourth-order valence-corrected chi connectivity index (χ4v) is 1.65. The van der Waals surface area contributed by atoms with Crippen molar-refractivity contribution in [2.45, 2.75) is 13.3 Å². The second kappa shape index (κ2) is 6.64. The van der Waals surface area contributed by atoms with Crippen molar-refractivity contribution in [2.24, 2.45) is 5.92 Å². The van der Waals surface area contributed by atoms with Gasteiger partial charge in [-0.2, -0.15) is 0 Å². The lowest BCUT2D eigenvalue weighted by Crippen LogP contribution is -2.32. The van der Waals surface area contributed by atoms with Crippen LogP contribution in [0, 0.1) is 5.92 Å². The first-order valence-electron chi connectivity index (χ1n) is 5.63. The average molecular weight is 251 g/mol. The van der Waals surface area contributed by atoms with Crippen molar-refractivity contribution in [1.82, 2.24) is 5.32 Å². The summed E-state index contributed by atoms with van der Waals surface area (Å²) in [5.74, 6) is -1.17. The van der Waals surface area contributed by atoms with Gasteiger partial charge in [-0.1, -0.05) is 18.2 Å². The van der Waals surface area contributed by atoms with Crippen molar-refractivity contribution < 1.29 is 19.4 Å².